The standard InChI is InChI=1S/C10H13N2/c1-2-4-9(5-3-1)10-8-11-6-7-12-10/h1-5,10-11H,6-8H2. The molecule has 0 saturated carbocycles. The quantitative estimate of drug-likeness (QED) is 0.651. The Morgan fingerprint density at radius 3 is 2.75 bits per heavy atom. The predicted molar refractivity (Wildman–Crippen MR) is 49.1 cm³/mol. The molecule has 63 valence electrons. The van der Waals surface area contributed by atoms with Crippen LogP contribution in [-0.2, 0) is 0 Å². The van der Waals surface area contributed by atoms with Gasteiger partial charge in [-0.25, -0.2) is 5.32 Å². The minimum atomic E-state index is 0.375. The maximum absolute atomic E-state index is 4.54. The predicted octanol–water partition coefficient (Wildman–Crippen LogP) is 0.935. The largest absolute Gasteiger partial charge is 0.313 e. The Balaban J connectivity index is 2.08. The Morgan fingerprint density at radius 1 is 1.25 bits per heavy atom. The molecule has 1 unspecified atom stereocenters. The molecule has 0 bridgehead atoms. The van der Waals surface area contributed by atoms with Crippen LogP contribution in [0.5, 0.6) is 0 Å². The van der Waals surface area contributed by atoms with E-state index in [4.69, 9.17) is 0 Å². The summed E-state index contributed by atoms with van der Waals surface area (Å²) in [5, 5.41) is 7.88. The lowest BCUT2D eigenvalue weighted by Gasteiger charge is -2.22. The molecule has 1 aromatic carbocycles. The molecule has 1 atom stereocenters. The van der Waals surface area contributed by atoms with Gasteiger partial charge >= 0.3 is 0 Å². The van der Waals surface area contributed by atoms with E-state index in [1.165, 1.54) is 5.56 Å². The second-order valence-corrected chi connectivity index (χ2v) is 3.04. The molecule has 0 spiro atoms. The number of nitrogens with zero attached hydrogens (tertiary/aromatic N) is 1. The van der Waals surface area contributed by atoms with Gasteiger partial charge in [0.05, 0.1) is 6.04 Å². The molecule has 0 aromatic heterocycles. The van der Waals surface area contributed by atoms with Crippen LogP contribution in [0.2, 0.25) is 0 Å². The summed E-state index contributed by atoms with van der Waals surface area (Å²) in [7, 11) is 0. The molecule has 1 radical (unpaired) electrons. The first-order valence-corrected chi connectivity index (χ1v) is 4.39. The molecule has 1 heterocycles. The first-order valence-electron chi connectivity index (χ1n) is 4.39. The maximum Gasteiger partial charge on any atom is 0.0620 e. The number of hydrogen-bond acceptors (Lipinski definition) is 1. The minimum Gasteiger partial charge on any atom is -0.313 e. The van der Waals surface area contributed by atoms with Crippen LogP contribution in [0, 0.1) is 0 Å². The normalized spacial score (nSPS) is 23.8. The van der Waals surface area contributed by atoms with Gasteiger partial charge in [0.25, 0.3) is 0 Å². The molecular formula is C10H13N2. The third kappa shape index (κ3) is 1.65. The van der Waals surface area contributed by atoms with E-state index in [-0.39, 0.29) is 0 Å². The zero-order valence-corrected chi connectivity index (χ0v) is 7.03. The van der Waals surface area contributed by atoms with Gasteiger partial charge in [0, 0.05) is 19.6 Å². The fourth-order valence-corrected chi connectivity index (χ4v) is 1.50. The lowest BCUT2D eigenvalue weighted by atomic mass is 10.1. The van der Waals surface area contributed by atoms with Crippen molar-refractivity contribution in [3.8, 4) is 0 Å². The molecule has 12 heavy (non-hydrogen) atoms. The van der Waals surface area contributed by atoms with Crippen LogP contribution in [0.4, 0.5) is 0 Å². The highest BCUT2D eigenvalue weighted by molar-refractivity contribution is 5.19. The average molecular weight is 161 g/mol. The van der Waals surface area contributed by atoms with Gasteiger partial charge in [0.15, 0.2) is 0 Å². The summed E-state index contributed by atoms with van der Waals surface area (Å²) in [6, 6.07) is 10.8. The Hall–Kier alpha value is -0.860. The summed E-state index contributed by atoms with van der Waals surface area (Å²) in [5.74, 6) is 0. The smallest absolute Gasteiger partial charge is 0.0620 e. The van der Waals surface area contributed by atoms with E-state index < -0.39 is 0 Å². The maximum atomic E-state index is 4.54. The molecule has 1 N–H and O–H groups in total. The molecular weight excluding hydrogens is 148 g/mol. The first-order chi connectivity index (χ1) is 5.97. The summed E-state index contributed by atoms with van der Waals surface area (Å²) in [6.07, 6.45) is 0. The van der Waals surface area contributed by atoms with Crippen LogP contribution in [0.1, 0.15) is 11.6 Å². The fraction of sp³-hybridized carbons (Fsp3) is 0.400. The second kappa shape index (κ2) is 3.70. The zero-order valence-electron chi connectivity index (χ0n) is 7.03. The van der Waals surface area contributed by atoms with Crippen LogP contribution in [0.3, 0.4) is 0 Å². The molecule has 1 aliphatic rings. The van der Waals surface area contributed by atoms with Crippen LogP contribution in [0.15, 0.2) is 30.3 Å². The fourth-order valence-electron chi connectivity index (χ4n) is 1.50. The Bertz CT molecular complexity index is 227. The van der Waals surface area contributed by atoms with E-state index in [9.17, 15) is 0 Å². The van der Waals surface area contributed by atoms with Crippen LogP contribution >= 0.6 is 0 Å². The monoisotopic (exact) mass is 161 g/mol. The Morgan fingerprint density at radius 2 is 2.08 bits per heavy atom. The Kier molecular flexibility index (Phi) is 2.39. The molecule has 1 aliphatic heterocycles. The molecule has 2 heteroatoms. The lowest BCUT2D eigenvalue weighted by Crippen LogP contribution is -2.38. The summed E-state index contributed by atoms with van der Waals surface area (Å²) in [5.41, 5.74) is 1.32. The molecule has 2 rings (SSSR count). The van der Waals surface area contributed by atoms with Crippen molar-refractivity contribution < 1.29 is 0 Å². The van der Waals surface area contributed by atoms with Gasteiger partial charge in [-0.3, -0.25) is 0 Å². The molecule has 1 fully saturated rings. The van der Waals surface area contributed by atoms with Crippen LogP contribution in [-0.4, -0.2) is 19.6 Å². The highest BCUT2D eigenvalue weighted by atomic mass is 15.0. The number of piperazine rings is 1. The zero-order chi connectivity index (χ0) is 8.23. The molecule has 1 aromatic rings. The second-order valence-electron chi connectivity index (χ2n) is 3.04. The summed E-state index contributed by atoms with van der Waals surface area (Å²) in [6.45, 7) is 2.97. The van der Waals surface area contributed by atoms with E-state index in [1.54, 1.807) is 0 Å². The third-order valence-electron chi connectivity index (χ3n) is 2.16. The van der Waals surface area contributed by atoms with Gasteiger partial charge in [-0.15, -0.1) is 0 Å². The van der Waals surface area contributed by atoms with Crippen molar-refractivity contribution in [2.24, 2.45) is 0 Å². The molecule has 0 amide bonds. The summed E-state index contributed by atoms with van der Waals surface area (Å²) >= 11 is 0. The number of hydrogen-bond donors (Lipinski definition) is 1. The molecule has 0 aliphatic carbocycles. The van der Waals surface area contributed by atoms with E-state index in [1.807, 2.05) is 6.07 Å². The van der Waals surface area contributed by atoms with Gasteiger partial charge in [-0.05, 0) is 5.56 Å². The van der Waals surface area contributed by atoms with Gasteiger partial charge < -0.3 is 5.32 Å². The van der Waals surface area contributed by atoms with Gasteiger partial charge in [-0.1, -0.05) is 30.3 Å². The van der Waals surface area contributed by atoms with Crippen molar-refractivity contribution >= 4 is 0 Å². The van der Waals surface area contributed by atoms with Gasteiger partial charge in [-0.2, -0.15) is 0 Å². The highest BCUT2D eigenvalue weighted by Crippen LogP contribution is 2.13. The van der Waals surface area contributed by atoms with Gasteiger partial charge in [0.1, 0.15) is 0 Å². The van der Waals surface area contributed by atoms with E-state index in [2.05, 4.69) is 34.9 Å². The SMILES string of the molecule is c1ccc(C2CNCC[N]2)cc1. The Labute approximate surface area is 73.0 Å². The van der Waals surface area contributed by atoms with Crippen LogP contribution in [0.25, 0.3) is 0 Å². The number of nitrogens with one attached hydrogen (secondary N) is 1. The van der Waals surface area contributed by atoms with Crippen molar-refractivity contribution in [2.75, 3.05) is 19.6 Å². The van der Waals surface area contributed by atoms with Crippen molar-refractivity contribution in [1.29, 1.82) is 0 Å². The van der Waals surface area contributed by atoms with Crippen molar-refractivity contribution in [3.05, 3.63) is 35.9 Å². The third-order valence-corrected chi connectivity index (χ3v) is 2.16. The van der Waals surface area contributed by atoms with Crippen molar-refractivity contribution in [3.63, 3.8) is 0 Å². The topological polar surface area (TPSA) is 26.1 Å². The van der Waals surface area contributed by atoms with E-state index >= 15 is 0 Å². The average Bonchev–Trinajstić information content (AvgIpc) is 2.21. The summed E-state index contributed by atoms with van der Waals surface area (Å²) < 4.78 is 0. The lowest BCUT2D eigenvalue weighted by molar-refractivity contribution is 0.421. The highest BCUT2D eigenvalue weighted by Gasteiger charge is 2.14. The van der Waals surface area contributed by atoms with Crippen molar-refractivity contribution in [2.45, 2.75) is 6.04 Å². The molecule has 2 nitrogen and oxygen atoms in total. The minimum absolute atomic E-state index is 0.375. The number of rotatable bonds is 1. The van der Waals surface area contributed by atoms with E-state index in [0.717, 1.165) is 19.6 Å². The summed E-state index contributed by atoms with van der Waals surface area (Å²) in [4.78, 5) is 0. The van der Waals surface area contributed by atoms with Crippen molar-refractivity contribution in [1.82, 2.24) is 10.6 Å². The first kappa shape index (κ1) is 7.77. The molecule has 1 saturated heterocycles. The van der Waals surface area contributed by atoms with Gasteiger partial charge in [0.2, 0.25) is 0 Å². The van der Waals surface area contributed by atoms with Crippen LogP contribution < -0.4 is 10.6 Å². The van der Waals surface area contributed by atoms with E-state index in [0.29, 0.717) is 6.04 Å². The number of benzene rings is 1.